The Kier molecular flexibility index (Phi) is 7.00. The largest absolute Gasteiger partial charge is 0.357 e. The summed E-state index contributed by atoms with van der Waals surface area (Å²) in [6.07, 6.45) is 7.52. The Morgan fingerprint density at radius 3 is 2.78 bits per heavy atom. The van der Waals surface area contributed by atoms with Crippen molar-refractivity contribution in [2.75, 3.05) is 19.6 Å². The van der Waals surface area contributed by atoms with Gasteiger partial charge in [0.2, 0.25) is 0 Å². The van der Waals surface area contributed by atoms with Crippen LogP contribution < -0.4 is 10.6 Å². The lowest BCUT2D eigenvalue weighted by atomic mass is 10.1. The Labute approximate surface area is 142 Å². The van der Waals surface area contributed by atoms with E-state index < -0.39 is 0 Å². The minimum atomic E-state index is 0.747. The SMILES string of the molecule is CCNC(=NCCc1ncc(C)s1)NCCc1ccncc1C. The van der Waals surface area contributed by atoms with Gasteiger partial charge in [0.25, 0.3) is 0 Å². The maximum absolute atomic E-state index is 4.62. The van der Waals surface area contributed by atoms with Crippen molar-refractivity contribution in [3.05, 3.63) is 45.7 Å². The molecule has 0 saturated carbocycles. The van der Waals surface area contributed by atoms with Crippen LogP contribution in [0, 0.1) is 13.8 Å². The van der Waals surface area contributed by atoms with Gasteiger partial charge in [0.15, 0.2) is 5.96 Å². The highest BCUT2D eigenvalue weighted by Crippen LogP contribution is 2.11. The number of nitrogens with one attached hydrogen (secondary N) is 2. The topological polar surface area (TPSA) is 62.2 Å². The molecule has 2 aromatic rings. The fourth-order valence-corrected chi connectivity index (χ4v) is 3.00. The number of pyridine rings is 1. The van der Waals surface area contributed by atoms with Gasteiger partial charge in [-0.2, -0.15) is 0 Å². The number of nitrogens with zero attached hydrogens (tertiary/aromatic N) is 3. The van der Waals surface area contributed by atoms with Crippen molar-refractivity contribution >= 4 is 17.3 Å². The molecule has 2 N–H and O–H groups in total. The molecule has 0 atom stereocenters. The van der Waals surface area contributed by atoms with Crippen LogP contribution in [0.4, 0.5) is 0 Å². The van der Waals surface area contributed by atoms with E-state index in [9.17, 15) is 0 Å². The second kappa shape index (κ2) is 9.25. The first-order valence-corrected chi connectivity index (χ1v) is 8.83. The van der Waals surface area contributed by atoms with Gasteiger partial charge in [0.05, 0.1) is 5.01 Å². The van der Waals surface area contributed by atoms with Crippen molar-refractivity contribution in [3.63, 3.8) is 0 Å². The van der Waals surface area contributed by atoms with Crippen LogP contribution in [0.25, 0.3) is 0 Å². The molecule has 0 amide bonds. The minimum Gasteiger partial charge on any atom is -0.357 e. The number of hydrogen-bond acceptors (Lipinski definition) is 4. The van der Waals surface area contributed by atoms with E-state index in [4.69, 9.17) is 0 Å². The third-order valence-corrected chi connectivity index (χ3v) is 4.40. The van der Waals surface area contributed by atoms with Gasteiger partial charge in [-0.3, -0.25) is 9.98 Å². The van der Waals surface area contributed by atoms with Crippen LogP contribution in [0.3, 0.4) is 0 Å². The Bertz CT molecular complexity index is 635. The summed E-state index contributed by atoms with van der Waals surface area (Å²) in [5.74, 6) is 0.868. The maximum atomic E-state index is 4.62. The molecule has 0 aliphatic carbocycles. The lowest BCUT2D eigenvalue weighted by Gasteiger charge is -2.11. The summed E-state index contributed by atoms with van der Waals surface area (Å²) in [6.45, 7) is 8.71. The first-order valence-electron chi connectivity index (χ1n) is 8.02. The van der Waals surface area contributed by atoms with Gasteiger partial charge in [-0.25, -0.2) is 4.98 Å². The molecule has 2 heterocycles. The lowest BCUT2D eigenvalue weighted by Crippen LogP contribution is -2.38. The summed E-state index contributed by atoms with van der Waals surface area (Å²) in [7, 11) is 0. The summed E-state index contributed by atoms with van der Waals surface area (Å²) in [6, 6.07) is 2.08. The lowest BCUT2D eigenvalue weighted by molar-refractivity contribution is 0.793. The van der Waals surface area contributed by atoms with Gasteiger partial charge >= 0.3 is 0 Å². The molecule has 23 heavy (non-hydrogen) atoms. The van der Waals surface area contributed by atoms with E-state index in [1.807, 2.05) is 18.6 Å². The quantitative estimate of drug-likeness (QED) is 0.604. The maximum Gasteiger partial charge on any atom is 0.191 e. The smallest absolute Gasteiger partial charge is 0.191 e. The molecule has 124 valence electrons. The first-order chi connectivity index (χ1) is 11.2. The van der Waals surface area contributed by atoms with E-state index in [0.29, 0.717) is 0 Å². The number of guanidine groups is 1. The molecule has 2 aromatic heterocycles. The van der Waals surface area contributed by atoms with Crippen LogP contribution in [0.5, 0.6) is 0 Å². The average Bonchev–Trinajstić information content (AvgIpc) is 2.94. The van der Waals surface area contributed by atoms with Gasteiger partial charge in [-0.05, 0) is 44.4 Å². The van der Waals surface area contributed by atoms with Crippen molar-refractivity contribution in [2.45, 2.75) is 33.6 Å². The van der Waals surface area contributed by atoms with Crippen molar-refractivity contribution in [1.29, 1.82) is 0 Å². The molecule has 0 saturated heterocycles. The van der Waals surface area contributed by atoms with Crippen LogP contribution in [-0.4, -0.2) is 35.6 Å². The molecule has 0 radical (unpaired) electrons. The third-order valence-electron chi connectivity index (χ3n) is 3.43. The molecule has 0 aliphatic rings. The van der Waals surface area contributed by atoms with Crippen molar-refractivity contribution < 1.29 is 0 Å². The van der Waals surface area contributed by atoms with Crippen LogP contribution >= 0.6 is 11.3 Å². The Balaban J connectivity index is 1.80. The Morgan fingerprint density at radius 1 is 1.22 bits per heavy atom. The highest BCUT2D eigenvalue weighted by molar-refractivity contribution is 7.11. The predicted molar refractivity (Wildman–Crippen MR) is 97.2 cm³/mol. The fourth-order valence-electron chi connectivity index (χ4n) is 2.22. The number of aliphatic imine (C=N–C) groups is 1. The molecule has 5 nitrogen and oxygen atoms in total. The second-order valence-corrected chi connectivity index (χ2v) is 6.67. The number of aryl methyl sites for hydroxylation is 2. The summed E-state index contributed by atoms with van der Waals surface area (Å²) < 4.78 is 0. The molecule has 0 unspecified atom stereocenters. The normalized spacial score (nSPS) is 11.5. The molecule has 0 aliphatic heterocycles. The van der Waals surface area contributed by atoms with E-state index in [-0.39, 0.29) is 0 Å². The average molecular weight is 331 g/mol. The van der Waals surface area contributed by atoms with Crippen LogP contribution in [0.15, 0.2) is 29.6 Å². The van der Waals surface area contributed by atoms with Crippen LogP contribution in [0.1, 0.15) is 27.9 Å². The van der Waals surface area contributed by atoms with E-state index in [0.717, 1.165) is 43.4 Å². The minimum absolute atomic E-state index is 0.747. The van der Waals surface area contributed by atoms with Crippen molar-refractivity contribution in [3.8, 4) is 0 Å². The summed E-state index contributed by atoms with van der Waals surface area (Å²) >= 11 is 1.74. The predicted octanol–water partition coefficient (Wildman–Crippen LogP) is 2.50. The zero-order valence-corrected chi connectivity index (χ0v) is 14.9. The van der Waals surface area contributed by atoms with Gasteiger partial charge < -0.3 is 10.6 Å². The van der Waals surface area contributed by atoms with Crippen LogP contribution in [-0.2, 0) is 12.8 Å². The zero-order chi connectivity index (χ0) is 16.5. The highest BCUT2D eigenvalue weighted by Gasteiger charge is 2.01. The van der Waals surface area contributed by atoms with E-state index in [1.165, 1.54) is 16.0 Å². The Hall–Kier alpha value is -1.95. The third kappa shape index (κ3) is 5.98. The molecule has 0 spiro atoms. The van der Waals surface area contributed by atoms with Gasteiger partial charge in [0, 0.05) is 49.5 Å². The highest BCUT2D eigenvalue weighted by atomic mass is 32.1. The molecular weight excluding hydrogens is 306 g/mol. The molecule has 0 aromatic carbocycles. The summed E-state index contributed by atoms with van der Waals surface area (Å²) in [4.78, 5) is 14.4. The van der Waals surface area contributed by atoms with Gasteiger partial charge in [-0.15, -0.1) is 11.3 Å². The molecule has 6 heteroatoms. The molecule has 0 fully saturated rings. The molecule has 0 bridgehead atoms. The molecular formula is C17H25N5S. The number of rotatable bonds is 7. The fraction of sp³-hybridized carbons (Fsp3) is 0.471. The van der Waals surface area contributed by atoms with E-state index in [1.54, 1.807) is 11.3 Å². The number of hydrogen-bond donors (Lipinski definition) is 2. The van der Waals surface area contributed by atoms with E-state index in [2.05, 4.69) is 52.4 Å². The zero-order valence-electron chi connectivity index (χ0n) is 14.1. The van der Waals surface area contributed by atoms with Gasteiger partial charge in [-0.1, -0.05) is 0 Å². The van der Waals surface area contributed by atoms with Crippen LogP contribution in [0.2, 0.25) is 0 Å². The molecule has 2 rings (SSSR count). The monoisotopic (exact) mass is 331 g/mol. The summed E-state index contributed by atoms with van der Waals surface area (Å²) in [5.41, 5.74) is 2.55. The van der Waals surface area contributed by atoms with Crippen molar-refractivity contribution in [2.24, 2.45) is 4.99 Å². The number of aromatic nitrogens is 2. The standard InChI is InChI=1S/C17H25N5S/c1-4-19-17(21-10-7-16-22-12-14(3)23-16)20-9-6-15-5-8-18-11-13(15)2/h5,8,11-12H,4,6-7,9-10H2,1-3H3,(H2,19,20,21). The number of thiazole rings is 1. The van der Waals surface area contributed by atoms with E-state index >= 15 is 0 Å². The van der Waals surface area contributed by atoms with Gasteiger partial charge in [0.1, 0.15) is 0 Å². The Morgan fingerprint density at radius 2 is 2.09 bits per heavy atom. The van der Waals surface area contributed by atoms with Crippen molar-refractivity contribution in [1.82, 2.24) is 20.6 Å². The second-order valence-electron chi connectivity index (χ2n) is 5.35. The first kappa shape index (κ1) is 17.4. The summed E-state index contributed by atoms with van der Waals surface area (Å²) in [5, 5.41) is 7.82.